The van der Waals surface area contributed by atoms with Gasteiger partial charge in [-0.15, -0.1) is 6.58 Å². The highest BCUT2D eigenvalue weighted by Gasteiger charge is 2.52. The molecule has 0 saturated carbocycles. The van der Waals surface area contributed by atoms with Crippen LogP contribution in [0.5, 0.6) is 0 Å². The maximum absolute atomic E-state index is 13.5. The standard InChI is InChI=1S/C24H25N3O3/c1-4-9-27-14(2)25-21-18(27)10-17(23(29)30-3)20-19(28)13-24(26-22(20)21)11-15-7-5-6-8-16(15)12-24/h4-8,17,20H,1,9-13H2,2-3H3. The highest BCUT2D eigenvalue weighted by molar-refractivity contribution is 6.18. The van der Waals surface area contributed by atoms with Gasteiger partial charge in [0.05, 0.1) is 30.2 Å². The molecule has 2 unspecified atom stereocenters. The minimum absolute atomic E-state index is 0.0739. The highest BCUT2D eigenvalue weighted by atomic mass is 16.5. The number of esters is 1. The van der Waals surface area contributed by atoms with E-state index >= 15 is 0 Å². The van der Waals surface area contributed by atoms with E-state index in [0.717, 1.165) is 30.1 Å². The van der Waals surface area contributed by atoms with Crippen LogP contribution in [0, 0.1) is 18.8 Å². The molecule has 1 aromatic heterocycles. The van der Waals surface area contributed by atoms with Gasteiger partial charge in [-0.05, 0) is 30.9 Å². The second-order valence-corrected chi connectivity index (χ2v) is 8.65. The molecule has 30 heavy (non-hydrogen) atoms. The molecule has 2 atom stereocenters. The number of aryl methyl sites for hydroxylation is 1. The van der Waals surface area contributed by atoms with E-state index in [1.54, 1.807) is 0 Å². The summed E-state index contributed by atoms with van der Waals surface area (Å²) in [5.41, 5.74) is 4.41. The average Bonchev–Trinajstić information content (AvgIpc) is 3.24. The lowest BCUT2D eigenvalue weighted by Crippen LogP contribution is -2.50. The molecule has 2 aliphatic carbocycles. The number of allylic oxidation sites excluding steroid dienone is 1. The summed E-state index contributed by atoms with van der Waals surface area (Å²) in [4.78, 5) is 36.1. The summed E-state index contributed by atoms with van der Waals surface area (Å²) in [5, 5.41) is 0. The maximum atomic E-state index is 13.5. The van der Waals surface area contributed by atoms with Crippen molar-refractivity contribution in [2.24, 2.45) is 16.8 Å². The number of ether oxygens (including phenoxy) is 1. The van der Waals surface area contributed by atoms with Crippen molar-refractivity contribution >= 4 is 17.5 Å². The van der Waals surface area contributed by atoms with Gasteiger partial charge in [-0.2, -0.15) is 0 Å². The fourth-order valence-corrected chi connectivity index (χ4v) is 5.53. The molecule has 154 valence electrons. The zero-order chi connectivity index (χ0) is 21.0. The molecule has 2 aromatic rings. The van der Waals surface area contributed by atoms with Crippen molar-refractivity contribution < 1.29 is 14.3 Å². The Morgan fingerprint density at radius 1 is 1.30 bits per heavy atom. The van der Waals surface area contributed by atoms with Crippen molar-refractivity contribution in [3.8, 4) is 0 Å². The molecule has 0 amide bonds. The number of hydrogen-bond donors (Lipinski definition) is 0. The van der Waals surface area contributed by atoms with E-state index < -0.39 is 17.4 Å². The molecule has 0 radical (unpaired) electrons. The fourth-order valence-electron chi connectivity index (χ4n) is 5.53. The van der Waals surface area contributed by atoms with E-state index in [1.165, 1.54) is 18.2 Å². The summed E-state index contributed by atoms with van der Waals surface area (Å²) in [6.07, 6.45) is 4.09. The molecule has 1 aromatic carbocycles. The molecule has 0 bridgehead atoms. The molecule has 2 heterocycles. The van der Waals surface area contributed by atoms with E-state index in [2.05, 4.69) is 23.3 Å². The van der Waals surface area contributed by atoms with Crippen LogP contribution in [0.15, 0.2) is 41.9 Å². The predicted molar refractivity (Wildman–Crippen MR) is 113 cm³/mol. The summed E-state index contributed by atoms with van der Waals surface area (Å²) in [6.45, 7) is 6.39. The molecular weight excluding hydrogens is 378 g/mol. The van der Waals surface area contributed by atoms with E-state index in [0.29, 0.717) is 25.1 Å². The third-order valence-electron chi connectivity index (χ3n) is 6.80. The van der Waals surface area contributed by atoms with Gasteiger partial charge < -0.3 is 9.30 Å². The maximum Gasteiger partial charge on any atom is 0.310 e. The first-order valence-electron chi connectivity index (χ1n) is 10.4. The molecule has 6 heteroatoms. The van der Waals surface area contributed by atoms with Gasteiger partial charge in [-0.1, -0.05) is 30.3 Å². The van der Waals surface area contributed by atoms with Crippen molar-refractivity contribution in [1.82, 2.24) is 9.55 Å². The first-order chi connectivity index (χ1) is 14.5. The van der Waals surface area contributed by atoms with Crippen LogP contribution in [0.1, 0.15) is 34.8 Å². The number of carbonyl (C=O) groups excluding carboxylic acids is 2. The van der Waals surface area contributed by atoms with Crippen LogP contribution < -0.4 is 0 Å². The van der Waals surface area contributed by atoms with Crippen LogP contribution in [0.25, 0.3) is 0 Å². The lowest BCUT2D eigenvalue weighted by molar-refractivity contribution is -0.149. The minimum atomic E-state index is -0.578. The van der Waals surface area contributed by atoms with Crippen molar-refractivity contribution in [2.45, 2.75) is 44.7 Å². The van der Waals surface area contributed by atoms with Crippen molar-refractivity contribution in [2.75, 3.05) is 7.11 Å². The summed E-state index contributed by atoms with van der Waals surface area (Å²) < 4.78 is 7.14. The number of carbonyl (C=O) groups is 2. The van der Waals surface area contributed by atoms with Gasteiger partial charge in [0, 0.05) is 25.1 Å². The van der Waals surface area contributed by atoms with Crippen LogP contribution >= 0.6 is 0 Å². The number of aromatic nitrogens is 2. The Bertz CT molecular complexity index is 1090. The number of nitrogens with zero attached hydrogens (tertiary/aromatic N) is 3. The molecule has 5 rings (SSSR count). The van der Waals surface area contributed by atoms with Crippen LogP contribution in [0.2, 0.25) is 0 Å². The topological polar surface area (TPSA) is 73.6 Å². The van der Waals surface area contributed by atoms with E-state index in [-0.39, 0.29) is 11.8 Å². The summed E-state index contributed by atoms with van der Waals surface area (Å²) in [7, 11) is 1.38. The van der Waals surface area contributed by atoms with Crippen molar-refractivity contribution in [3.05, 3.63) is 65.3 Å². The molecule has 0 fully saturated rings. The van der Waals surface area contributed by atoms with Gasteiger partial charge in [0.1, 0.15) is 17.3 Å². The zero-order valence-corrected chi connectivity index (χ0v) is 17.4. The van der Waals surface area contributed by atoms with Crippen LogP contribution in [0.3, 0.4) is 0 Å². The monoisotopic (exact) mass is 403 g/mol. The minimum Gasteiger partial charge on any atom is -0.469 e. The quantitative estimate of drug-likeness (QED) is 0.583. The smallest absolute Gasteiger partial charge is 0.310 e. The molecule has 0 N–H and O–H groups in total. The SMILES string of the molecule is C=CCn1c(C)nc2c1CC(C(=O)OC)C1C(=O)CC3(Cc4ccccc4C3)N=C21. The molecule has 0 saturated heterocycles. The van der Waals surface area contributed by atoms with Gasteiger partial charge in [0.25, 0.3) is 0 Å². The predicted octanol–water partition coefficient (Wildman–Crippen LogP) is 2.64. The fraction of sp³-hybridized carbons (Fsp3) is 0.417. The number of aliphatic imine (C=N–C) groups is 1. The second-order valence-electron chi connectivity index (χ2n) is 8.65. The highest BCUT2D eigenvalue weighted by Crippen LogP contribution is 2.44. The molecule has 1 aliphatic heterocycles. The van der Waals surface area contributed by atoms with Crippen LogP contribution in [0.4, 0.5) is 0 Å². The van der Waals surface area contributed by atoms with Crippen LogP contribution in [-0.2, 0) is 40.1 Å². The molecule has 6 nitrogen and oxygen atoms in total. The lowest BCUT2D eigenvalue weighted by atomic mass is 9.70. The van der Waals surface area contributed by atoms with Gasteiger partial charge >= 0.3 is 5.97 Å². The Hall–Kier alpha value is -3.02. The van der Waals surface area contributed by atoms with Gasteiger partial charge in [-0.3, -0.25) is 14.6 Å². The largest absolute Gasteiger partial charge is 0.469 e. The number of benzene rings is 1. The Morgan fingerprint density at radius 3 is 2.63 bits per heavy atom. The zero-order valence-electron chi connectivity index (χ0n) is 17.4. The summed E-state index contributed by atoms with van der Waals surface area (Å²) >= 11 is 0. The normalized spacial score (nSPS) is 23.4. The second kappa shape index (κ2) is 6.76. The van der Waals surface area contributed by atoms with E-state index in [4.69, 9.17) is 14.7 Å². The number of imidazole rings is 1. The first kappa shape index (κ1) is 19.0. The number of fused-ring (bicyclic) bond motifs is 4. The molecule has 1 spiro atoms. The van der Waals surface area contributed by atoms with Gasteiger partial charge in [0.15, 0.2) is 0 Å². The number of hydrogen-bond acceptors (Lipinski definition) is 5. The Morgan fingerprint density at radius 2 is 2.00 bits per heavy atom. The van der Waals surface area contributed by atoms with Crippen LogP contribution in [-0.4, -0.2) is 39.7 Å². The molecule has 3 aliphatic rings. The summed E-state index contributed by atoms with van der Waals surface area (Å²) in [6, 6.07) is 8.30. The Labute approximate surface area is 175 Å². The van der Waals surface area contributed by atoms with E-state index in [9.17, 15) is 9.59 Å². The number of methoxy groups -OCH3 is 1. The number of ketones is 1. The third kappa shape index (κ3) is 2.70. The molecular formula is C24H25N3O3. The summed E-state index contributed by atoms with van der Waals surface area (Å²) in [5.74, 6) is -0.583. The van der Waals surface area contributed by atoms with Gasteiger partial charge in [0.2, 0.25) is 0 Å². The van der Waals surface area contributed by atoms with Crippen molar-refractivity contribution in [3.63, 3.8) is 0 Å². The number of Topliss-reactive ketones (excluding diaryl/α,β-unsaturated/α-hetero) is 1. The average molecular weight is 403 g/mol. The first-order valence-corrected chi connectivity index (χ1v) is 10.4. The third-order valence-corrected chi connectivity index (χ3v) is 6.80. The van der Waals surface area contributed by atoms with Gasteiger partial charge in [-0.25, -0.2) is 4.98 Å². The Balaban J connectivity index is 1.67. The lowest BCUT2D eigenvalue weighted by Gasteiger charge is -2.38. The van der Waals surface area contributed by atoms with E-state index in [1.807, 2.05) is 25.1 Å². The van der Waals surface area contributed by atoms with Crippen molar-refractivity contribution in [1.29, 1.82) is 0 Å². The number of rotatable bonds is 3. The Kier molecular flexibility index (Phi) is 4.27.